The van der Waals surface area contributed by atoms with Crippen molar-refractivity contribution in [1.82, 2.24) is 9.97 Å². The molecule has 0 aromatic carbocycles. The fourth-order valence-corrected chi connectivity index (χ4v) is 0.915. The molecule has 5 nitrogen and oxygen atoms in total. The number of halogens is 1. The maximum absolute atomic E-state index is 13.1. The van der Waals surface area contributed by atoms with Crippen LogP contribution in [0.15, 0.2) is 6.20 Å². The summed E-state index contributed by atoms with van der Waals surface area (Å²) in [5.74, 6) is -0.317. The normalized spacial score (nSPS) is 10.1. The SMILES string of the molecule is CCOCCOc1nc(NC)ncc1F. The topological polar surface area (TPSA) is 56.3 Å². The summed E-state index contributed by atoms with van der Waals surface area (Å²) in [6, 6.07) is 0. The summed E-state index contributed by atoms with van der Waals surface area (Å²) in [6.45, 7) is 3.17. The van der Waals surface area contributed by atoms with Crippen LogP contribution in [-0.4, -0.2) is 36.8 Å². The highest BCUT2D eigenvalue weighted by molar-refractivity contribution is 5.27. The second kappa shape index (κ2) is 6.13. The quantitative estimate of drug-likeness (QED) is 0.719. The van der Waals surface area contributed by atoms with Gasteiger partial charge in [-0.2, -0.15) is 9.37 Å². The van der Waals surface area contributed by atoms with Gasteiger partial charge >= 0.3 is 0 Å². The monoisotopic (exact) mass is 215 g/mol. The van der Waals surface area contributed by atoms with E-state index >= 15 is 0 Å². The van der Waals surface area contributed by atoms with Gasteiger partial charge in [0.25, 0.3) is 5.88 Å². The Bertz CT molecular complexity index is 309. The molecule has 0 amide bonds. The molecule has 0 aliphatic heterocycles. The van der Waals surface area contributed by atoms with E-state index in [1.165, 1.54) is 0 Å². The molecule has 84 valence electrons. The smallest absolute Gasteiger partial charge is 0.255 e. The molecule has 1 rings (SSSR count). The molecule has 0 fully saturated rings. The van der Waals surface area contributed by atoms with E-state index in [2.05, 4.69) is 15.3 Å². The van der Waals surface area contributed by atoms with Crippen LogP contribution in [0.4, 0.5) is 10.3 Å². The molecular formula is C9H14FN3O2. The van der Waals surface area contributed by atoms with Crippen LogP contribution in [0.5, 0.6) is 5.88 Å². The fraction of sp³-hybridized carbons (Fsp3) is 0.556. The first-order valence-electron chi connectivity index (χ1n) is 4.68. The standard InChI is InChI=1S/C9H14FN3O2/c1-3-14-4-5-15-8-7(10)6-12-9(11-2)13-8/h6H,3-5H2,1-2H3,(H,11,12,13). The minimum absolute atomic E-state index is 0.0611. The second-order valence-electron chi connectivity index (χ2n) is 2.64. The number of anilines is 1. The van der Waals surface area contributed by atoms with Crippen molar-refractivity contribution in [3.05, 3.63) is 12.0 Å². The average Bonchev–Trinajstić information content (AvgIpc) is 2.26. The molecule has 0 saturated carbocycles. The Morgan fingerprint density at radius 1 is 1.47 bits per heavy atom. The molecule has 0 atom stereocenters. The molecule has 1 aromatic heterocycles. The van der Waals surface area contributed by atoms with Gasteiger partial charge in [0.2, 0.25) is 11.8 Å². The van der Waals surface area contributed by atoms with Crippen LogP contribution in [0, 0.1) is 5.82 Å². The van der Waals surface area contributed by atoms with Gasteiger partial charge in [-0.25, -0.2) is 4.98 Å². The summed E-state index contributed by atoms with van der Waals surface area (Å²) >= 11 is 0. The van der Waals surface area contributed by atoms with Gasteiger partial charge < -0.3 is 14.8 Å². The number of ether oxygens (including phenoxy) is 2. The molecule has 1 heterocycles. The van der Waals surface area contributed by atoms with Crippen LogP contribution < -0.4 is 10.1 Å². The Kier molecular flexibility index (Phi) is 4.76. The van der Waals surface area contributed by atoms with E-state index in [9.17, 15) is 4.39 Å². The first-order chi connectivity index (χ1) is 7.27. The highest BCUT2D eigenvalue weighted by Gasteiger charge is 2.06. The van der Waals surface area contributed by atoms with Gasteiger partial charge in [-0.15, -0.1) is 0 Å². The number of nitrogens with zero attached hydrogens (tertiary/aromatic N) is 2. The van der Waals surface area contributed by atoms with Gasteiger partial charge in [-0.1, -0.05) is 0 Å². The van der Waals surface area contributed by atoms with Crippen molar-refractivity contribution in [2.75, 3.05) is 32.2 Å². The summed E-state index contributed by atoms with van der Waals surface area (Å²) in [5.41, 5.74) is 0. The van der Waals surface area contributed by atoms with E-state index < -0.39 is 5.82 Å². The zero-order valence-corrected chi connectivity index (χ0v) is 8.79. The molecule has 0 unspecified atom stereocenters. The van der Waals surface area contributed by atoms with Crippen molar-refractivity contribution in [3.63, 3.8) is 0 Å². The number of hydrogen-bond acceptors (Lipinski definition) is 5. The van der Waals surface area contributed by atoms with E-state index in [0.717, 1.165) is 6.20 Å². The molecular weight excluding hydrogens is 201 g/mol. The zero-order valence-electron chi connectivity index (χ0n) is 8.79. The van der Waals surface area contributed by atoms with Crippen molar-refractivity contribution >= 4 is 5.95 Å². The van der Waals surface area contributed by atoms with Crippen molar-refractivity contribution in [2.24, 2.45) is 0 Å². The first kappa shape index (κ1) is 11.6. The van der Waals surface area contributed by atoms with E-state index in [4.69, 9.17) is 9.47 Å². The van der Waals surface area contributed by atoms with Crippen LogP contribution in [0.25, 0.3) is 0 Å². The highest BCUT2D eigenvalue weighted by atomic mass is 19.1. The third-order valence-electron chi connectivity index (χ3n) is 1.61. The molecule has 6 heteroatoms. The number of hydrogen-bond donors (Lipinski definition) is 1. The lowest BCUT2D eigenvalue weighted by atomic mass is 10.6. The summed E-state index contributed by atoms with van der Waals surface area (Å²) in [5, 5.41) is 2.70. The predicted molar refractivity (Wildman–Crippen MR) is 53.5 cm³/mol. The maximum Gasteiger partial charge on any atom is 0.255 e. The van der Waals surface area contributed by atoms with Crippen molar-refractivity contribution < 1.29 is 13.9 Å². The molecule has 15 heavy (non-hydrogen) atoms. The molecule has 0 spiro atoms. The van der Waals surface area contributed by atoms with E-state index in [-0.39, 0.29) is 12.5 Å². The highest BCUT2D eigenvalue weighted by Crippen LogP contribution is 2.13. The Morgan fingerprint density at radius 2 is 2.27 bits per heavy atom. The van der Waals surface area contributed by atoms with Gasteiger partial charge in [0.15, 0.2) is 0 Å². The molecule has 0 radical (unpaired) electrons. The van der Waals surface area contributed by atoms with Gasteiger partial charge in [-0.05, 0) is 6.92 Å². The van der Waals surface area contributed by atoms with Crippen LogP contribution in [0.1, 0.15) is 6.92 Å². The molecule has 1 N–H and O–H groups in total. The third-order valence-corrected chi connectivity index (χ3v) is 1.61. The predicted octanol–water partition coefficient (Wildman–Crippen LogP) is 1.07. The van der Waals surface area contributed by atoms with Crippen LogP contribution >= 0.6 is 0 Å². The minimum atomic E-state index is -0.578. The molecule has 0 aliphatic carbocycles. The minimum Gasteiger partial charge on any atom is -0.473 e. The van der Waals surface area contributed by atoms with Gasteiger partial charge in [0.05, 0.1) is 12.8 Å². The van der Waals surface area contributed by atoms with Crippen molar-refractivity contribution in [1.29, 1.82) is 0 Å². The third kappa shape index (κ3) is 3.67. The Balaban J connectivity index is 2.51. The van der Waals surface area contributed by atoms with Gasteiger partial charge in [0.1, 0.15) is 6.61 Å². The van der Waals surface area contributed by atoms with E-state index in [1.54, 1.807) is 7.05 Å². The van der Waals surface area contributed by atoms with Crippen molar-refractivity contribution in [3.8, 4) is 5.88 Å². The zero-order chi connectivity index (χ0) is 11.1. The second-order valence-corrected chi connectivity index (χ2v) is 2.64. The van der Waals surface area contributed by atoms with E-state index in [0.29, 0.717) is 19.2 Å². The molecule has 1 aromatic rings. The lowest BCUT2D eigenvalue weighted by Crippen LogP contribution is -2.09. The maximum atomic E-state index is 13.1. The summed E-state index contributed by atoms with van der Waals surface area (Å²) < 4.78 is 23.2. The Hall–Kier alpha value is -1.43. The van der Waals surface area contributed by atoms with Crippen LogP contribution in [-0.2, 0) is 4.74 Å². The van der Waals surface area contributed by atoms with Crippen LogP contribution in [0.2, 0.25) is 0 Å². The fourth-order valence-electron chi connectivity index (χ4n) is 0.915. The number of aromatic nitrogens is 2. The molecule has 0 aliphatic rings. The van der Waals surface area contributed by atoms with Crippen LogP contribution in [0.3, 0.4) is 0 Å². The average molecular weight is 215 g/mol. The van der Waals surface area contributed by atoms with Gasteiger partial charge in [-0.3, -0.25) is 0 Å². The molecule has 0 bridgehead atoms. The molecule has 0 saturated heterocycles. The lowest BCUT2D eigenvalue weighted by molar-refractivity contribution is 0.106. The summed E-state index contributed by atoms with van der Waals surface area (Å²) in [4.78, 5) is 7.51. The Labute approximate surface area is 87.6 Å². The van der Waals surface area contributed by atoms with E-state index in [1.807, 2.05) is 6.92 Å². The summed E-state index contributed by atoms with van der Waals surface area (Å²) in [7, 11) is 1.65. The van der Waals surface area contributed by atoms with Crippen molar-refractivity contribution in [2.45, 2.75) is 6.92 Å². The Morgan fingerprint density at radius 3 is 2.93 bits per heavy atom. The number of nitrogens with one attached hydrogen (secondary N) is 1. The lowest BCUT2D eigenvalue weighted by Gasteiger charge is -2.06. The first-order valence-corrected chi connectivity index (χ1v) is 4.68. The largest absolute Gasteiger partial charge is 0.473 e. The van der Waals surface area contributed by atoms with Gasteiger partial charge in [0, 0.05) is 13.7 Å². The summed E-state index contributed by atoms with van der Waals surface area (Å²) in [6.07, 6.45) is 1.06. The number of rotatable bonds is 6.